The van der Waals surface area contributed by atoms with Gasteiger partial charge < -0.3 is 24.5 Å². The molecule has 0 aliphatic heterocycles. The number of hydrogen-bond donors (Lipinski definition) is 2. The molecule has 0 atom stereocenters. The van der Waals surface area contributed by atoms with Gasteiger partial charge in [-0.05, 0) is 36.4 Å². The van der Waals surface area contributed by atoms with E-state index < -0.39 is 0 Å². The Balaban J connectivity index is 1.72. The fourth-order valence-electron chi connectivity index (χ4n) is 2.36. The van der Waals surface area contributed by atoms with Crippen molar-refractivity contribution in [2.75, 3.05) is 19.5 Å². The summed E-state index contributed by atoms with van der Waals surface area (Å²) in [6.07, 6.45) is 3.13. The molecule has 2 aromatic heterocycles. The number of nitrogens with one attached hydrogen (secondary N) is 2. The minimum Gasteiger partial charge on any atom is -0.497 e. The van der Waals surface area contributed by atoms with Crippen molar-refractivity contribution < 1.29 is 18.7 Å². The number of carbonyl (C=O) groups is 1. The van der Waals surface area contributed by atoms with Gasteiger partial charge in [0.1, 0.15) is 23.0 Å². The van der Waals surface area contributed by atoms with Gasteiger partial charge in [-0.15, -0.1) is 0 Å². The molecule has 2 heterocycles. The largest absolute Gasteiger partial charge is 0.497 e. The molecule has 7 nitrogen and oxygen atoms in total. The van der Waals surface area contributed by atoms with Crippen LogP contribution in [0.1, 0.15) is 16.2 Å². The molecule has 0 unspecified atom stereocenters. The third-order valence-electron chi connectivity index (χ3n) is 3.68. The zero-order valence-electron chi connectivity index (χ0n) is 14.5. The molecule has 0 spiro atoms. The highest BCUT2D eigenvalue weighted by molar-refractivity contribution is 5.93. The van der Waals surface area contributed by atoms with Crippen LogP contribution in [0, 0.1) is 0 Å². The third-order valence-corrected chi connectivity index (χ3v) is 3.68. The van der Waals surface area contributed by atoms with Gasteiger partial charge in [0.05, 0.1) is 32.7 Å². The summed E-state index contributed by atoms with van der Waals surface area (Å²) in [5.74, 6) is 1.72. The Morgan fingerprint density at radius 1 is 1.15 bits per heavy atom. The van der Waals surface area contributed by atoms with Crippen LogP contribution in [0.4, 0.5) is 11.4 Å². The molecule has 1 aromatic carbocycles. The number of pyridine rings is 1. The number of amides is 1. The topological polar surface area (TPSA) is 85.6 Å². The summed E-state index contributed by atoms with van der Waals surface area (Å²) in [6.45, 7) is 0.303. The molecule has 0 bridgehead atoms. The minimum absolute atomic E-state index is 0.285. The van der Waals surface area contributed by atoms with Crippen molar-refractivity contribution in [1.82, 2.24) is 10.3 Å². The second-order valence-corrected chi connectivity index (χ2v) is 5.38. The highest BCUT2D eigenvalue weighted by Gasteiger charge is 2.10. The molecule has 7 heteroatoms. The Kier molecular flexibility index (Phi) is 5.38. The van der Waals surface area contributed by atoms with Gasteiger partial charge in [-0.2, -0.15) is 0 Å². The molecule has 26 heavy (non-hydrogen) atoms. The maximum atomic E-state index is 12.3. The predicted molar refractivity (Wildman–Crippen MR) is 96.9 cm³/mol. The fraction of sp³-hybridized carbons (Fsp3) is 0.158. The second kappa shape index (κ2) is 8.06. The van der Waals surface area contributed by atoms with E-state index in [4.69, 9.17) is 13.9 Å². The van der Waals surface area contributed by atoms with Gasteiger partial charge in [-0.25, -0.2) is 0 Å². The summed E-state index contributed by atoms with van der Waals surface area (Å²) < 4.78 is 15.8. The van der Waals surface area contributed by atoms with E-state index in [1.807, 2.05) is 12.1 Å². The van der Waals surface area contributed by atoms with Gasteiger partial charge in [0, 0.05) is 18.0 Å². The summed E-state index contributed by atoms with van der Waals surface area (Å²) in [7, 11) is 3.18. The molecule has 0 saturated carbocycles. The molecule has 0 fully saturated rings. The summed E-state index contributed by atoms with van der Waals surface area (Å²) >= 11 is 0. The fourth-order valence-corrected chi connectivity index (χ4v) is 2.36. The number of methoxy groups -OCH3 is 2. The number of hydrogen-bond acceptors (Lipinski definition) is 6. The average Bonchev–Trinajstić information content (AvgIpc) is 3.20. The lowest BCUT2D eigenvalue weighted by molar-refractivity contribution is 0.0943. The molecule has 0 saturated heterocycles. The van der Waals surface area contributed by atoms with Gasteiger partial charge >= 0.3 is 0 Å². The van der Waals surface area contributed by atoms with Crippen LogP contribution < -0.4 is 20.1 Å². The first kappa shape index (κ1) is 17.3. The average molecular weight is 353 g/mol. The molecule has 134 valence electrons. The SMILES string of the molecule is COc1ccc(Nc2ccnc(C(=O)NCc3ccco3)c2)c(OC)c1. The molecular weight excluding hydrogens is 334 g/mol. The lowest BCUT2D eigenvalue weighted by atomic mass is 10.2. The maximum Gasteiger partial charge on any atom is 0.270 e. The van der Waals surface area contributed by atoms with Gasteiger partial charge in [0.25, 0.3) is 5.91 Å². The lowest BCUT2D eigenvalue weighted by Gasteiger charge is -2.13. The smallest absolute Gasteiger partial charge is 0.270 e. The monoisotopic (exact) mass is 353 g/mol. The molecule has 3 aromatic rings. The van der Waals surface area contributed by atoms with Crippen molar-refractivity contribution in [3.63, 3.8) is 0 Å². The van der Waals surface area contributed by atoms with Crippen molar-refractivity contribution in [2.45, 2.75) is 6.54 Å². The van der Waals surface area contributed by atoms with E-state index in [1.54, 1.807) is 57.0 Å². The normalized spacial score (nSPS) is 10.2. The van der Waals surface area contributed by atoms with Crippen molar-refractivity contribution in [3.8, 4) is 11.5 Å². The van der Waals surface area contributed by atoms with Gasteiger partial charge in [0.15, 0.2) is 0 Å². The lowest BCUT2D eigenvalue weighted by Crippen LogP contribution is -2.23. The molecular formula is C19H19N3O4. The van der Waals surface area contributed by atoms with Crippen molar-refractivity contribution in [1.29, 1.82) is 0 Å². The van der Waals surface area contributed by atoms with E-state index in [0.29, 0.717) is 35.2 Å². The van der Waals surface area contributed by atoms with E-state index in [0.717, 1.165) is 5.69 Å². The summed E-state index contributed by atoms with van der Waals surface area (Å²) in [5.41, 5.74) is 1.77. The molecule has 0 aliphatic carbocycles. The van der Waals surface area contributed by atoms with E-state index >= 15 is 0 Å². The second-order valence-electron chi connectivity index (χ2n) is 5.38. The molecule has 0 radical (unpaired) electrons. The van der Waals surface area contributed by atoms with Crippen molar-refractivity contribution in [3.05, 3.63) is 66.4 Å². The summed E-state index contributed by atoms with van der Waals surface area (Å²) in [6, 6.07) is 12.4. The molecule has 1 amide bonds. The zero-order valence-corrected chi connectivity index (χ0v) is 14.5. The first-order chi connectivity index (χ1) is 12.7. The standard InChI is InChI=1S/C19H19N3O4/c1-24-14-5-6-16(18(11-14)25-2)22-13-7-8-20-17(10-13)19(23)21-12-15-4-3-9-26-15/h3-11H,12H2,1-2H3,(H,20,22)(H,21,23). The Hall–Kier alpha value is -3.48. The molecule has 2 N–H and O–H groups in total. The van der Waals surface area contributed by atoms with Crippen LogP contribution in [0.5, 0.6) is 11.5 Å². The highest BCUT2D eigenvalue weighted by Crippen LogP contribution is 2.31. The van der Waals surface area contributed by atoms with Crippen LogP contribution in [-0.4, -0.2) is 25.1 Å². The first-order valence-corrected chi connectivity index (χ1v) is 7.95. The van der Waals surface area contributed by atoms with Crippen LogP contribution in [0.25, 0.3) is 0 Å². The number of furan rings is 1. The van der Waals surface area contributed by atoms with Gasteiger partial charge in [-0.3, -0.25) is 9.78 Å². The number of anilines is 2. The van der Waals surface area contributed by atoms with Crippen molar-refractivity contribution in [2.24, 2.45) is 0 Å². The Morgan fingerprint density at radius 3 is 2.77 bits per heavy atom. The number of aromatic nitrogens is 1. The van der Waals surface area contributed by atoms with E-state index in [-0.39, 0.29) is 5.91 Å². The third kappa shape index (κ3) is 4.13. The van der Waals surface area contributed by atoms with Gasteiger partial charge in [-0.1, -0.05) is 0 Å². The van der Waals surface area contributed by atoms with E-state index in [1.165, 1.54) is 0 Å². The summed E-state index contributed by atoms with van der Waals surface area (Å²) in [4.78, 5) is 16.4. The van der Waals surface area contributed by atoms with Crippen LogP contribution in [0.3, 0.4) is 0 Å². The predicted octanol–water partition coefficient (Wildman–Crippen LogP) is 3.37. The van der Waals surface area contributed by atoms with Crippen molar-refractivity contribution >= 4 is 17.3 Å². The number of nitrogens with zero attached hydrogens (tertiary/aromatic N) is 1. The number of carbonyl (C=O) groups excluding carboxylic acids is 1. The number of rotatable bonds is 7. The maximum absolute atomic E-state index is 12.3. The van der Waals surface area contributed by atoms with E-state index in [2.05, 4.69) is 15.6 Å². The quantitative estimate of drug-likeness (QED) is 0.677. The van der Waals surface area contributed by atoms with Crippen LogP contribution in [-0.2, 0) is 6.54 Å². The number of benzene rings is 1. The number of ether oxygens (including phenoxy) is 2. The Labute approximate surface area is 151 Å². The van der Waals surface area contributed by atoms with Crippen LogP contribution in [0.2, 0.25) is 0 Å². The minimum atomic E-state index is -0.285. The Morgan fingerprint density at radius 2 is 2.04 bits per heavy atom. The summed E-state index contributed by atoms with van der Waals surface area (Å²) in [5, 5.41) is 5.99. The highest BCUT2D eigenvalue weighted by atomic mass is 16.5. The molecule has 3 rings (SSSR count). The first-order valence-electron chi connectivity index (χ1n) is 7.95. The zero-order chi connectivity index (χ0) is 18.4. The molecule has 0 aliphatic rings. The Bertz CT molecular complexity index is 878. The van der Waals surface area contributed by atoms with E-state index in [9.17, 15) is 4.79 Å². The van der Waals surface area contributed by atoms with Gasteiger partial charge in [0.2, 0.25) is 0 Å². The van der Waals surface area contributed by atoms with Crippen LogP contribution >= 0.6 is 0 Å². The van der Waals surface area contributed by atoms with Crippen LogP contribution in [0.15, 0.2) is 59.3 Å².